The lowest BCUT2D eigenvalue weighted by Crippen LogP contribution is -2.41. The van der Waals surface area contributed by atoms with Crippen LogP contribution in [-0.2, 0) is 15.7 Å². The third-order valence-corrected chi connectivity index (χ3v) is 7.50. The summed E-state index contributed by atoms with van der Waals surface area (Å²) < 4.78 is 12.3. The summed E-state index contributed by atoms with van der Waals surface area (Å²) in [6.07, 6.45) is 7.67. The molecule has 0 saturated carbocycles. The van der Waals surface area contributed by atoms with Crippen LogP contribution in [0.25, 0.3) is 0 Å². The van der Waals surface area contributed by atoms with Crippen LogP contribution in [0.15, 0.2) is 35.9 Å². The van der Waals surface area contributed by atoms with Crippen LogP contribution in [0.1, 0.15) is 52.5 Å². The smallest absolute Gasteiger partial charge is 0.399 e. The number of hydrogen-bond acceptors (Lipinski definition) is 3. The molecule has 4 rings (SSSR count). The fourth-order valence-electron chi connectivity index (χ4n) is 3.79. The lowest BCUT2D eigenvalue weighted by molar-refractivity contribution is 0.00578. The van der Waals surface area contributed by atoms with Crippen molar-refractivity contribution < 1.29 is 9.31 Å². The van der Waals surface area contributed by atoms with Gasteiger partial charge in [0.25, 0.3) is 0 Å². The van der Waals surface area contributed by atoms with Crippen molar-refractivity contribution in [1.29, 1.82) is 0 Å². The van der Waals surface area contributed by atoms with Crippen molar-refractivity contribution in [2.45, 2.75) is 75.1 Å². The summed E-state index contributed by atoms with van der Waals surface area (Å²) in [5.74, 6) is 0. The Morgan fingerprint density at radius 3 is 2.33 bits per heavy atom. The molecule has 2 bridgehead atoms. The van der Waals surface area contributed by atoms with Gasteiger partial charge in [0.15, 0.2) is 0 Å². The van der Waals surface area contributed by atoms with Crippen LogP contribution in [-0.4, -0.2) is 28.8 Å². The first-order chi connectivity index (χ1) is 11.3. The topological polar surface area (TPSA) is 18.5 Å². The largest absolute Gasteiger partial charge is 0.494 e. The van der Waals surface area contributed by atoms with Crippen LogP contribution < -0.4 is 5.46 Å². The molecule has 3 aliphatic heterocycles. The minimum atomic E-state index is -0.278. The summed E-state index contributed by atoms with van der Waals surface area (Å²) >= 11 is 2.18. The molecule has 2 atom stereocenters. The van der Waals surface area contributed by atoms with Crippen molar-refractivity contribution in [3.8, 4) is 0 Å². The second-order valence-corrected chi connectivity index (χ2v) is 9.95. The normalized spacial score (nSPS) is 30.5. The molecule has 3 aliphatic rings. The highest BCUT2D eigenvalue weighted by molar-refractivity contribution is 8.01. The summed E-state index contributed by atoms with van der Waals surface area (Å²) in [5, 5.41) is 1.65. The van der Waals surface area contributed by atoms with Gasteiger partial charge < -0.3 is 9.31 Å². The molecule has 0 amide bonds. The lowest BCUT2D eigenvalue weighted by Gasteiger charge is -2.32. The predicted molar refractivity (Wildman–Crippen MR) is 103 cm³/mol. The molecule has 3 heterocycles. The van der Waals surface area contributed by atoms with Crippen LogP contribution in [0.3, 0.4) is 0 Å². The van der Waals surface area contributed by atoms with E-state index in [-0.39, 0.29) is 18.3 Å². The van der Waals surface area contributed by atoms with Crippen LogP contribution in [0, 0.1) is 0 Å². The van der Waals surface area contributed by atoms with E-state index in [1.54, 1.807) is 5.57 Å². The molecule has 1 aromatic rings. The maximum atomic E-state index is 6.14. The van der Waals surface area contributed by atoms with Gasteiger partial charge in [0, 0.05) is 10.5 Å². The van der Waals surface area contributed by atoms with E-state index >= 15 is 0 Å². The maximum absolute atomic E-state index is 6.14. The number of hydrogen-bond donors (Lipinski definition) is 0. The van der Waals surface area contributed by atoms with E-state index in [1.807, 2.05) is 0 Å². The average Bonchev–Trinajstić information content (AvgIpc) is 2.96. The number of allylic oxidation sites excluding steroid dienone is 1. The van der Waals surface area contributed by atoms with E-state index in [4.69, 9.17) is 9.31 Å². The molecule has 2 saturated heterocycles. The first-order valence-corrected chi connectivity index (χ1v) is 10.1. The van der Waals surface area contributed by atoms with Crippen molar-refractivity contribution >= 4 is 24.3 Å². The summed E-state index contributed by atoms with van der Waals surface area (Å²) in [6.45, 7) is 8.40. The van der Waals surface area contributed by atoms with E-state index in [2.05, 4.69) is 69.8 Å². The zero-order chi connectivity index (χ0) is 16.9. The molecule has 4 heteroatoms. The van der Waals surface area contributed by atoms with E-state index < -0.39 is 0 Å². The fourth-order valence-corrected chi connectivity index (χ4v) is 5.41. The molecule has 2 unspecified atom stereocenters. The third kappa shape index (κ3) is 3.09. The first kappa shape index (κ1) is 16.7. The second-order valence-electron chi connectivity index (χ2n) is 8.41. The highest BCUT2D eigenvalue weighted by Gasteiger charge is 2.51. The van der Waals surface area contributed by atoms with Crippen molar-refractivity contribution in [1.82, 2.24) is 0 Å². The molecule has 2 nitrogen and oxygen atoms in total. The van der Waals surface area contributed by atoms with Crippen LogP contribution >= 0.6 is 11.8 Å². The van der Waals surface area contributed by atoms with E-state index in [1.165, 1.54) is 24.8 Å². The number of fused-ring (bicyclic) bond motifs is 2. The highest BCUT2D eigenvalue weighted by Crippen LogP contribution is 2.43. The molecule has 24 heavy (non-hydrogen) atoms. The van der Waals surface area contributed by atoms with Gasteiger partial charge in [-0.1, -0.05) is 35.9 Å². The van der Waals surface area contributed by atoms with Gasteiger partial charge in [-0.2, -0.15) is 11.8 Å². The molecular formula is C20H27BO2S. The Balaban J connectivity index is 1.44. The number of benzene rings is 1. The molecule has 128 valence electrons. The second kappa shape index (κ2) is 5.93. The molecule has 0 aromatic heterocycles. The molecule has 0 aliphatic carbocycles. The average molecular weight is 342 g/mol. The Hall–Kier alpha value is -0.705. The van der Waals surface area contributed by atoms with E-state index in [0.717, 1.165) is 22.4 Å². The van der Waals surface area contributed by atoms with Crippen molar-refractivity contribution in [2.24, 2.45) is 0 Å². The fraction of sp³-hybridized carbons (Fsp3) is 0.600. The van der Waals surface area contributed by atoms with Gasteiger partial charge in [-0.25, -0.2) is 0 Å². The van der Waals surface area contributed by atoms with E-state index in [9.17, 15) is 0 Å². The zero-order valence-electron chi connectivity index (χ0n) is 15.2. The van der Waals surface area contributed by atoms with Crippen LogP contribution in [0.5, 0.6) is 0 Å². The highest BCUT2D eigenvalue weighted by atomic mass is 32.2. The molecule has 1 aromatic carbocycles. The van der Waals surface area contributed by atoms with Crippen molar-refractivity contribution in [2.75, 3.05) is 0 Å². The minimum Gasteiger partial charge on any atom is -0.399 e. The molecule has 2 fully saturated rings. The van der Waals surface area contributed by atoms with Gasteiger partial charge in [-0.15, -0.1) is 0 Å². The van der Waals surface area contributed by atoms with Gasteiger partial charge in [-0.05, 0) is 64.4 Å². The Morgan fingerprint density at radius 1 is 1.04 bits per heavy atom. The first-order valence-electron chi connectivity index (χ1n) is 9.12. The summed E-state index contributed by atoms with van der Waals surface area (Å²) in [6, 6.07) is 8.82. The minimum absolute atomic E-state index is 0.259. The molecule has 0 spiro atoms. The quantitative estimate of drug-likeness (QED) is 0.608. The van der Waals surface area contributed by atoms with Crippen molar-refractivity contribution in [3.63, 3.8) is 0 Å². The zero-order valence-corrected chi connectivity index (χ0v) is 16.0. The van der Waals surface area contributed by atoms with Crippen LogP contribution in [0.4, 0.5) is 0 Å². The van der Waals surface area contributed by atoms with Gasteiger partial charge in [0.05, 0.1) is 11.2 Å². The number of thioether (sulfide) groups is 1. The Bertz CT molecular complexity index is 634. The molecule has 0 N–H and O–H groups in total. The van der Waals surface area contributed by atoms with Gasteiger partial charge in [-0.3, -0.25) is 0 Å². The summed E-state index contributed by atoms with van der Waals surface area (Å²) in [4.78, 5) is 0. The maximum Gasteiger partial charge on any atom is 0.494 e. The molecular weight excluding hydrogens is 315 g/mol. The summed E-state index contributed by atoms with van der Waals surface area (Å²) in [5.41, 5.74) is 3.59. The Kier molecular flexibility index (Phi) is 4.14. The molecule has 0 radical (unpaired) electrons. The van der Waals surface area contributed by atoms with Crippen molar-refractivity contribution in [3.05, 3.63) is 41.5 Å². The summed E-state index contributed by atoms with van der Waals surface area (Å²) in [7, 11) is -0.259. The SMILES string of the molecule is CC1(C)OB(c2ccc(CC3=CC4CCC(C3)S4)cc2)OC1(C)C. The monoisotopic (exact) mass is 342 g/mol. The van der Waals surface area contributed by atoms with Crippen LogP contribution in [0.2, 0.25) is 0 Å². The Labute approximate surface area is 150 Å². The third-order valence-electron chi connectivity index (χ3n) is 5.99. The van der Waals surface area contributed by atoms with E-state index in [0.29, 0.717) is 0 Å². The van der Waals surface area contributed by atoms with Gasteiger partial charge in [0.1, 0.15) is 0 Å². The number of rotatable bonds is 3. The predicted octanol–water partition coefficient (Wildman–Crippen LogP) is 4.12. The van der Waals surface area contributed by atoms with Gasteiger partial charge in [0.2, 0.25) is 0 Å². The van der Waals surface area contributed by atoms with Gasteiger partial charge >= 0.3 is 7.12 Å². The standard InChI is InChI=1S/C20H27BO2S/c1-19(2)20(3,4)23-21(22-19)16-7-5-14(6-8-16)11-15-12-17-9-10-18(13-15)24-17/h5-8,12,17-18H,9-11,13H2,1-4H3. The Morgan fingerprint density at radius 2 is 1.71 bits per heavy atom. The lowest BCUT2D eigenvalue weighted by atomic mass is 9.78.